The van der Waals surface area contributed by atoms with Crippen LogP contribution in [0.5, 0.6) is 5.75 Å². The monoisotopic (exact) mass is 440 g/mol. The van der Waals surface area contributed by atoms with E-state index in [1.165, 1.54) is 15.1 Å². The van der Waals surface area contributed by atoms with Gasteiger partial charge in [0, 0.05) is 19.6 Å². The highest BCUT2D eigenvalue weighted by Crippen LogP contribution is 2.31. The quantitative estimate of drug-likeness (QED) is 0.595. The van der Waals surface area contributed by atoms with Crippen LogP contribution in [0.2, 0.25) is 0 Å². The number of nitrogens with zero attached hydrogens (tertiary/aromatic N) is 1. The molecule has 1 N–H and O–H groups in total. The van der Waals surface area contributed by atoms with Crippen molar-refractivity contribution in [2.75, 3.05) is 31.6 Å². The van der Waals surface area contributed by atoms with Gasteiger partial charge in [-0.05, 0) is 54.4 Å². The van der Waals surface area contributed by atoms with Crippen LogP contribution in [0.1, 0.15) is 19.4 Å². The number of benzene rings is 3. The summed E-state index contributed by atoms with van der Waals surface area (Å²) >= 11 is 0. The number of fused-ring (bicyclic) bond motifs is 1. The maximum atomic E-state index is 13.1. The summed E-state index contributed by atoms with van der Waals surface area (Å²) in [7, 11) is -3.58. The number of morpholine rings is 1. The lowest BCUT2D eigenvalue weighted by molar-refractivity contribution is 0.0730. The minimum Gasteiger partial charge on any atom is -0.489 e. The minimum absolute atomic E-state index is 0.0251. The molecule has 0 unspecified atom stereocenters. The van der Waals surface area contributed by atoms with Crippen molar-refractivity contribution in [1.29, 1.82) is 0 Å². The Morgan fingerprint density at radius 2 is 1.74 bits per heavy atom. The fourth-order valence-corrected chi connectivity index (χ4v) is 5.08. The first-order chi connectivity index (χ1) is 14.9. The molecule has 1 fully saturated rings. The molecular formula is C24H28N2O4S. The third-order valence-corrected chi connectivity index (χ3v) is 7.11. The molecule has 3 aromatic carbocycles. The SMILES string of the molecule is CC(C)Oc1ccc(S(=O)(=O)N2CCOCC2)cc1NCc1ccc2ccccc2c1. The maximum Gasteiger partial charge on any atom is 0.243 e. The molecule has 7 heteroatoms. The van der Waals surface area contributed by atoms with E-state index in [9.17, 15) is 8.42 Å². The van der Waals surface area contributed by atoms with E-state index in [1.807, 2.05) is 26.0 Å². The Hall–Kier alpha value is -2.61. The summed E-state index contributed by atoms with van der Waals surface area (Å²) in [6.07, 6.45) is -0.0251. The Kier molecular flexibility index (Phi) is 6.46. The first-order valence-electron chi connectivity index (χ1n) is 10.5. The molecule has 0 atom stereocenters. The van der Waals surface area contributed by atoms with Gasteiger partial charge in [-0.3, -0.25) is 0 Å². The normalized spacial score (nSPS) is 15.3. The summed E-state index contributed by atoms with van der Waals surface area (Å²) in [5.41, 5.74) is 1.77. The number of hydrogen-bond donors (Lipinski definition) is 1. The molecular weight excluding hydrogens is 412 g/mol. The molecule has 0 aliphatic carbocycles. The molecule has 6 nitrogen and oxygen atoms in total. The Labute approximate surface area is 183 Å². The third-order valence-electron chi connectivity index (χ3n) is 5.22. The maximum absolute atomic E-state index is 13.1. The van der Waals surface area contributed by atoms with Gasteiger partial charge in [-0.2, -0.15) is 4.31 Å². The molecule has 0 amide bonds. The van der Waals surface area contributed by atoms with E-state index in [1.54, 1.807) is 18.2 Å². The van der Waals surface area contributed by atoms with Crippen LogP contribution in [-0.4, -0.2) is 45.1 Å². The highest BCUT2D eigenvalue weighted by Gasteiger charge is 2.27. The predicted octanol–water partition coefficient (Wildman–Crippen LogP) is 4.26. The van der Waals surface area contributed by atoms with Crippen molar-refractivity contribution in [2.24, 2.45) is 0 Å². The molecule has 1 heterocycles. The zero-order chi connectivity index (χ0) is 21.8. The van der Waals surface area contributed by atoms with Crippen LogP contribution in [0.3, 0.4) is 0 Å². The van der Waals surface area contributed by atoms with Gasteiger partial charge in [0.05, 0.1) is 29.9 Å². The van der Waals surface area contributed by atoms with E-state index in [0.717, 1.165) is 5.56 Å². The molecule has 164 valence electrons. The smallest absolute Gasteiger partial charge is 0.243 e. The van der Waals surface area contributed by atoms with Crippen LogP contribution in [0, 0.1) is 0 Å². The van der Waals surface area contributed by atoms with E-state index in [-0.39, 0.29) is 11.0 Å². The number of ether oxygens (including phenoxy) is 2. The summed E-state index contributed by atoms with van der Waals surface area (Å²) < 4.78 is 38.9. The molecule has 0 aromatic heterocycles. The molecule has 1 aliphatic heterocycles. The zero-order valence-electron chi connectivity index (χ0n) is 17.9. The molecule has 1 saturated heterocycles. The van der Waals surface area contributed by atoms with Crippen LogP contribution in [0.4, 0.5) is 5.69 Å². The van der Waals surface area contributed by atoms with Crippen molar-refractivity contribution >= 4 is 26.5 Å². The average Bonchev–Trinajstić information content (AvgIpc) is 2.78. The van der Waals surface area contributed by atoms with Crippen molar-refractivity contribution in [3.8, 4) is 5.75 Å². The standard InChI is InChI=1S/C24H28N2O4S/c1-18(2)30-24-10-9-22(31(27,28)26-11-13-29-14-12-26)16-23(24)25-17-19-7-8-20-5-3-4-6-21(20)15-19/h3-10,15-16,18,25H,11-14,17H2,1-2H3. The lowest BCUT2D eigenvalue weighted by Gasteiger charge is -2.26. The second-order valence-electron chi connectivity index (χ2n) is 7.88. The van der Waals surface area contributed by atoms with E-state index in [0.29, 0.717) is 44.3 Å². The van der Waals surface area contributed by atoms with Gasteiger partial charge in [-0.25, -0.2) is 8.42 Å². The topological polar surface area (TPSA) is 67.9 Å². The average molecular weight is 441 g/mol. The van der Waals surface area contributed by atoms with Gasteiger partial charge in [0.25, 0.3) is 0 Å². The number of anilines is 1. The Balaban J connectivity index is 1.61. The van der Waals surface area contributed by atoms with Crippen molar-refractivity contribution in [2.45, 2.75) is 31.4 Å². The van der Waals surface area contributed by atoms with E-state index in [2.05, 4.69) is 35.6 Å². The van der Waals surface area contributed by atoms with Crippen molar-refractivity contribution in [1.82, 2.24) is 4.31 Å². The van der Waals surface area contributed by atoms with Crippen LogP contribution in [0.15, 0.2) is 65.6 Å². The second-order valence-corrected chi connectivity index (χ2v) is 9.81. The fourth-order valence-electron chi connectivity index (χ4n) is 3.65. The highest BCUT2D eigenvalue weighted by atomic mass is 32.2. The third kappa shape index (κ3) is 5.01. The van der Waals surface area contributed by atoms with Gasteiger partial charge in [-0.15, -0.1) is 0 Å². The van der Waals surface area contributed by atoms with Crippen LogP contribution in [0.25, 0.3) is 10.8 Å². The molecule has 3 aromatic rings. The van der Waals surface area contributed by atoms with E-state index in [4.69, 9.17) is 9.47 Å². The summed E-state index contributed by atoms with van der Waals surface area (Å²) in [4.78, 5) is 0.256. The molecule has 0 radical (unpaired) electrons. The largest absolute Gasteiger partial charge is 0.489 e. The van der Waals surface area contributed by atoms with Crippen molar-refractivity contribution < 1.29 is 17.9 Å². The number of hydrogen-bond acceptors (Lipinski definition) is 5. The Bertz CT molecular complexity index is 1160. The Morgan fingerprint density at radius 3 is 2.48 bits per heavy atom. The number of sulfonamides is 1. The summed E-state index contributed by atoms with van der Waals surface area (Å²) in [5, 5.41) is 5.74. The number of rotatable bonds is 7. The number of nitrogens with one attached hydrogen (secondary N) is 1. The first-order valence-corrected chi connectivity index (χ1v) is 12.0. The van der Waals surface area contributed by atoms with Gasteiger partial charge in [-0.1, -0.05) is 36.4 Å². The van der Waals surface area contributed by atoms with Crippen molar-refractivity contribution in [3.63, 3.8) is 0 Å². The second kappa shape index (κ2) is 9.26. The molecule has 0 saturated carbocycles. The molecule has 31 heavy (non-hydrogen) atoms. The summed E-state index contributed by atoms with van der Waals surface area (Å²) in [5.74, 6) is 0.636. The van der Waals surface area contributed by atoms with Gasteiger partial charge < -0.3 is 14.8 Å². The van der Waals surface area contributed by atoms with E-state index < -0.39 is 10.0 Å². The lowest BCUT2D eigenvalue weighted by atomic mass is 10.1. The summed E-state index contributed by atoms with van der Waals surface area (Å²) in [6.45, 7) is 6.03. The molecule has 0 spiro atoms. The fraction of sp³-hybridized carbons (Fsp3) is 0.333. The molecule has 4 rings (SSSR count). The van der Waals surface area contributed by atoms with Crippen LogP contribution >= 0.6 is 0 Å². The molecule has 0 bridgehead atoms. The van der Waals surface area contributed by atoms with Crippen LogP contribution in [-0.2, 0) is 21.3 Å². The Morgan fingerprint density at radius 1 is 1.00 bits per heavy atom. The van der Waals surface area contributed by atoms with Crippen molar-refractivity contribution in [3.05, 3.63) is 66.2 Å². The summed E-state index contributed by atoms with van der Waals surface area (Å²) in [6, 6.07) is 19.5. The van der Waals surface area contributed by atoms with Gasteiger partial charge in [0.15, 0.2) is 0 Å². The predicted molar refractivity (Wildman–Crippen MR) is 123 cm³/mol. The highest BCUT2D eigenvalue weighted by molar-refractivity contribution is 7.89. The lowest BCUT2D eigenvalue weighted by Crippen LogP contribution is -2.40. The molecule has 1 aliphatic rings. The van der Waals surface area contributed by atoms with Gasteiger partial charge >= 0.3 is 0 Å². The van der Waals surface area contributed by atoms with Gasteiger partial charge in [0.1, 0.15) is 5.75 Å². The minimum atomic E-state index is -3.58. The zero-order valence-corrected chi connectivity index (χ0v) is 18.7. The van der Waals surface area contributed by atoms with Gasteiger partial charge in [0.2, 0.25) is 10.0 Å². The van der Waals surface area contributed by atoms with E-state index >= 15 is 0 Å². The first kappa shape index (κ1) is 21.6. The van der Waals surface area contributed by atoms with Crippen LogP contribution < -0.4 is 10.1 Å².